The van der Waals surface area contributed by atoms with Crippen LogP contribution in [0.3, 0.4) is 0 Å². The number of aromatic nitrogens is 1. The molecule has 4 rings (SSSR count). The van der Waals surface area contributed by atoms with Crippen LogP contribution in [0.2, 0.25) is 0 Å². The predicted octanol–water partition coefficient (Wildman–Crippen LogP) is 3.96. The Kier molecular flexibility index (Phi) is 5.17. The lowest BCUT2D eigenvalue weighted by Gasteiger charge is -2.33. The highest BCUT2D eigenvalue weighted by molar-refractivity contribution is 7.15. The van der Waals surface area contributed by atoms with Crippen LogP contribution in [0.5, 0.6) is 0 Å². The van der Waals surface area contributed by atoms with Crippen molar-refractivity contribution in [3.8, 4) is 0 Å². The van der Waals surface area contributed by atoms with Crippen molar-refractivity contribution in [2.24, 2.45) is 0 Å². The van der Waals surface area contributed by atoms with Gasteiger partial charge in [-0.25, -0.2) is 9.37 Å². The van der Waals surface area contributed by atoms with Crippen LogP contribution >= 0.6 is 11.3 Å². The molecule has 0 bridgehead atoms. The van der Waals surface area contributed by atoms with E-state index in [2.05, 4.69) is 20.1 Å². The second-order valence-corrected chi connectivity index (χ2v) is 8.13. The largest absolute Gasteiger partial charge is 0.381 e. The molecule has 2 saturated heterocycles. The van der Waals surface area contributed by atoms with Gasteiger partial charge in [-0.2, -0.15) is 0 Å². The highest BCUT2D eigenvalue weighted by Gasteiger charge is 2.21. The number of halogens is 1. The van der Waals surface area contributed by atoms with E-state index in [1.165, 1.54) is 35.3 Å². The molecule has 6 heteroatoms. The van der Waals surface area contributed by atoms with Gasteiger partial charge in [0.05, 0.1) is 0 Å². The quantitative estimate of drug-likeness (QED) is 0.875. The van der Waals surface area contributed by atoms with Crippen LogP contribution in [-0.2, 0) is 6.54 Å². The van der Waals surface area contributed by atoms with Crippen molar-refractivity contribution < 1.29 is 4.39 Å². The van der Waals surface area contributed by atoms with E-state index < -0.39 is 0 Å². The minimum atomic E-state index is -0.184. The summed E-state index contributed by atoms with van der Waals surface area (Å²) in [7, 11) is 0. The molecule has 2 aliphatic rings. The zero-order valence-corrected chi connectivity index (χ0v) is 15.3. The maximum absolute atomic E-state index is 13.4. The first-order valence-electron chi connectivity index (χ1n) is 9.20. The molecule has 2 aliphatic heterocycles. The number of nitrogens with zero attached hydrogens (tertiary/aromatic N) is 3. The van der Waals surface area contributed by atoms with E-state index in [1.54, 1.807) is 12.1 Å². The number of piperidine rings is 1. The number of likely N-dealkylation sites (tertiary alicyclic amines) is 1. The third kappa shape index (κ3) is 4.30. The molecule has 1 aromatic heterocycles. The Morgan fingerprint density at radius 1 is 1.20 bits per heavy atom. The second-order valence-electron chi connectivity index (χ2n) is 7.03. The monoisotopic (exact) mass is 360 g/mol. The van der Waals surface area contributed by atoms with Gasteiger partial charge in [-0.15, -0.1) is 11.3 Å². The summed E-state index contributed by atoms with van der Waals surface area (Å²) in [5.74, 6) is -0.184. The summed E-state index contributed by atoms with van der Waals surface area (Å²) in [6, 6.07) is 7.13. The number of benzene rings is 1. The van der Waals surface area contributed by atoms with Crippen LogP contribution in [-0.4, -0.2) is 42.1 Å². The zero-order valence-electron chi connectivity index (χ0n) is 14.5. The Morgan fingerprint density at radius 3 is 2.92 bits per heavy atom. The molecule has 0 amide bonds. The van der Waals surface area contributed by atoms with Gasteiger partial charge in [-0.1, -0.05) is 6.07 Å². The molecule has 4 nitrogen and oxygen atoms in total. The van der Waals surface area contributed by atoms with E-state index in [4.69, 9.17) is 0 Å². The number of hydrogen-bond donors (Lipinski definition) is 1. The highest BCUT2D eigenvalue weighted by Crippen LogP contribution is 2.27. The zero-order chi connectivity index (χ0) is 17.1. The lowest BCUT2D eigenvalue weighted by atomic mass is 10.1. The van der Waals surface area contributed by atoms with Gasteiger partial charge in [0.15, 0.2) is 5.13 Å². The SMILES string of the molecule is Fc1cccc(NC2CCCN(Cc3cnc(N4CCCC4)s3)C2)c1. The topological polar surface area (TPSA) is 31.4 Å². The summed E-state index contributed by atoms with van der Waals surface area (Å²) in [6.07, 6.45) is 6.92. The summed E-state index contributed by atoms with van der Waals surface area (Å²) in [6.45, 7) is 5.38. The van der Waals surface area contributed by atoms with Crippen LogP contribution in [0.1, 0.15) is 30.6 Å². The Bertz CT molecular complexity index is 698. The van der Waals surface area contributed by atoms with Crippen LogP contribution < -0.4 is 10.2 Å². The fourth-order valence-electron chi connectivity index (χ4n) is 3.78. The van der Waals surface area contributed by atoms with Crippen molar-refractivity contribution >= 4 is 22.2 Å². The molecule has 134 valence electrons. The first-order chi connectivity index (χ1) is 12.3. The van der Waals surface area contributed by atoms with Crippen molar-refractivity contribution in [1.82, 2.24) is 9.88 Å². The predicted molar refractivity (Wildman–Crippen MR) is 102 cm³/mol. The van der Waals surface area contributed by atoms with Crippen LogP contribution in [0.25, 0.3) is 0 Å². The minimum Gasteiger partial charge on any atom is -0.381 e. The Morgan fingerprint density at radius 2 is 2.08 bits per heavy atom. The lowest BCUT2D eigenvalue weighted by Crippen LogP contribution is -2.41. The van der Waals surface area contributed by atoms with Gasteiger partial charge in [0.25, 0.3) is 0 Å². The van der Waals surface area contributed by atoms with Crippen molar-refractivity contribution in [2.75, 3.05) is 36.4 Å². The number of anilines is 2. The van der Waals surface area contributed by atoms with Crippen molar-refractivity contribution in [2.45, 2.75) is 38.3 Å². The van der Waals surface area contributed by atoms with Gasteiger partial charge in [0.1, 0.15) is 5.82 Å². The average Bonchev–Trinajstić information content (AvgIpc) is 3.26. The van der Waals surface area contributed by atoms with Gasteiger partial charge in [0.2, 0.25) is 0 Å². The van der Waals surface area contributed by atoms with Gasteiger partial charge in [0, 0.05) is 49.0 Å². The van der Waals surface area contributed by atoms with Crippen molar-refractivity contribution in [1.29, 1.82) is 0 Å². The van der Waals surface area contributed by atoms with E-state index in [0.717, 1.165) is 44.8 Å². The van der Waals surface area contributed by atoms with E-state index >= 15 is 0 Å². The van der Waals surface area contributed by atoms with Gasteiger partial charge in [-0.05, 0) is 50.4 Å². The molecule has 1 unspecified atom stereocenters. The first-order valence-corrected chi connectivity index (χ1v) is 10.0. The fourth-order valence-corrected chi connectivity index (χ4v) is 4.78. The van der Waals surface area contributed by atoms with Gasteiger partial charge >= 0.3 is 0 Å². The van der Waals surface area contributed by atoms with E-state index in [1.807, 2.05) is 23.6 Å². The lowest BCUT2D eigenvalue weighted by molar-refractivity contribution is 0.210. The molecule has 1 aromatic carbocycles. The number of thiazole rings is 1. The standard InChI is InChI=1S/C19H25FN4S/c20-15-5-3-6-16(11-15)22-17-7-4-8-23(13-17)14-18-12-21-19(25-18)24-9-1-2-10-24/h3,5-6,11-12,17,22H,1-2,4,7-10,13-14H2. The van der Waals surface area contributed by atoms with E-state index in [0.29, 0.717) is 6.04 Å². The molecule has 1 N–H and O–H groups in total. The Labute approximate surface area is 152 Å². The Balaban J connectivity index is 1.33. The third-order valence-electron chi connectivity index (χ3n) is 5.00. The second kappa shape index (κ2) is 7.70. The molecule has 0 saturated carbocycles. The first kappa shape index (κ1) is 16.8. The molecule has 2 aromatic rings. The summed E-state index contributed by atoms with van der Waals surface area (Å²) in [5.41, 5.74) is 0.876. The maximum Gasteiger partial charge on any atom is 0.185 e. The number of hydrogen-bond acceptors (Lipinski definition) is 5. The van der Waals surface area contributed by atoms with Gasteiger partial charge in [-0.3, -0.25) is 4.90 Å². The van der Waals surface area contributed by atoms with Crippen LogP contribution in [0.15, 0.2) is 30.5 Å². The van der Waals surface area contributed by atoms with Crippen molar-refractivity contribution in [3.05, 3.63) is 41.2 Å². The molecule has 0 radical (unpaired) electrons. The normalized spacial score (nSPS) is 21.6. The number of nitrogens with one attached hydrogen (secondary N) is 1. The molecule has 3 heterocycles. The van der Waals surface area contributed by atoms with Crippen LogP contribution in [0, 0.1) is 5.82 Å². The average molecular weight is 361 g/mol. The summed E-state index contributed by atoms with van der Waals surface area (Å²) in [5, 5.41) is 4.66. The molecule has 2 fully saturated rings. The van der Waals surface area contributed by atoms with E-state index in [-0.39, 0.29) is 5.82 Å². The maximum atomic E-state index is 13.4. The Hall–Kier alpha value is -1.66. The summed E-state index contributed by atoms with van der Waals surface area (Å²) in [4.78, 5) is 10.9. The minimum absolute atomic E-state index is 0.184. The van der Waals surface area contributed by atoms with Crippen molar-refractivity contribution in [3.63, 3.8) is 0 Å². The molecular formula is C19H25FN4S. The molecule has 0 aliphatic carbocycles. The highest BCUT2D eigenvalue weighted by atomic mass is 32.1. The molecule has 25 heavy (non-hydrogen) atoms. The summed E-state index contributed by atoms with van der Waals surface area (Å²) < 4.78 is 13.4. The smallest absolute Gasteiger partial charge is 0.185 e. The summed E-state index contributed by atoms with van der Waals surface area (Å²) >= 11 is 1.83. The fraction of sp³-hybridized carbons (Fsp3) is 0.526. The van der Waals surface area contributed by atoms with E-state index in [9.17, 15) is 4.39 Å². The third-order valence-corrected chi connectivity index (χ3v) is 6.04. The molecule has 0 spiro atoms. The molecular weight excluding hydrogens is 335 g/mol. The number of rotatable bonds is 5. The van der Waals surface area contributed by atoms with Crippen LogP contribution in [0.4, 0.5) is 15.2 Å². The van der Waals surface area contributed by atoms with Gasteiger partial charge < -0.3 is 10.2 Å². The molecule has 1 atom stereocenters.